The Bertz CT molecular complexity index is 430. The molecule has 0 radical (unpaired) electrons. The van der Waals surface area contributed by atoms with Crippen LogP contribution in [0.3, 0.4) is 0 Å². The van der Waals surface area contributed by atoms with E-state index in [0.29, 0.717) is 0 Å². The Hall–Kier alpha value is -1.04. The van der Waals surface area contributed by atoms with E-state index in [0.717, 1.165) is 18.5 Å². The number of aryl methyl sites for hydroxylation is 1. The maximum atomic E-state index is 11.7. The lowest BCUT2D eigenvalue weighted by Crippen LogP contribution is -2.13. The number of anilines is 1. The number of nitrogens with one attached hydrogen (secondary N) is 1. The maximum Gasteiger partial charge on any atom is 0.327 e. The first-order valence-electron chi connectivity index (χ1n) is 7.89. The van der Waals surface area contributed by atoms with Gasteiger partial charge in [0.25, 0.3) is 0 Å². The zero-order valence-corrected chi connectivity index (χ0v) is 14.9. The first-order chi connectivity index (χ1) is 11.1. The van der Waals surface area contributed by atoms with Gasteiger partial charge in [-0.2, -0.15) is 0 Å². The molecule has 0 aromatic heterocycles. The molecule has 0 bridgehead atoms. The number of carbonyl (C=O) groups is 1. The smallest absolute Gasteiger partial charge is 0.327 e. The van der Waals surface area contributed by atoms with Crippen LogP contribution in [0.25, 0.3) is 0 Å². The van der Waals surface area contributed by atoms with Crippen LogP contribution in [-0.2, 0) is 15.7 Å². The third-order valence-electron chi connectivity index (χ3n) is 3.07. The molecular weight excluding hydrogens is 315 g/mol. The van der Waals surface area contributed by atoms with E-state index in [1.54, 1.807) is 0 Å². The highest BCUT2D eigenvalue weighted by Gasteiger charge is 2.05. The molecule has 0 aliphatic heterocycles. The molecule has 6 nitrogen and oxygen atoms in total. The molecule has 5 N–H and O–H groups in total. The van der Waals surface area contributed by atoms with Gasteiger partial charge in [-0.1, -0.05) is 38.3 Å². The maximum absolute atomic E-state index is 11.7. The second kappa shape index (κ2) is 14.5. The molecule has 0 saturated carbocycles. The fraction of sp³-hybridized carbons (Fsp3) is 0.562. The highest BCUT2D eigenvalue weighted by atomic mass is 31.2. The molecule has 1 aromatic carbocycles. The zero-order chi connectivity index (χ0) is 17.5. The van der Waals surface area contributed by atoms with Crippen molar-refractivity contribution in [2.75, 3.05) is 19.0 Å². The lowest BCUT2D eigenvalue weighted by Gasteiger charge is -2.08. The molecular formula is C16H29N2O4P. The molecule has 0 heterocycles. The molecule has 0 fully saturated rings. The fourth-order valence-electron chi connectivity index (χ4n) is 2.00. The Morgan fingerprint density at radius 3 is 2.65 bits per heavy atom. The van der Waals surface area contributed by atoms with Crippen LogP contribution in [0.1, 0.15) is 44.6 Å². The Balaban J connectivity index is 0.00000232. The molecule has 0 spiro atoms. The summed E-state index contributed by atoms with van der Waals surface area (Å²) in [5.74, 6) is -0.199. The van der Waals surface area contributed by atoms with E-state index in [1.807, 2.05) is 18.2 Å². The summed E-state index contributed by atoms with van der Waals surface area (Å²) < 4.78 is 4.57. The van der Waals surface area contributed by atoms with Crippen LogP contribution in [0.4, 0.5) is 5.69 Å². The summed E-state index contributed by atoms with van der Waals surface area (Å²) in [6, 6.07) is 7.83. The van der Waals surface area contributed by atoms with Crippen molar-refractivity contribution in [2.45, 2.75) is 45.4 Å². The number of nitrogens with two attached hydrogens (primary N) is 1. The highest BCUT2D eigenvalue weighted by molar-refractivity contribution is 7.39. The summed E-state index contributed by atoms with van der Waals surface area (Å²) in [5.41, 5.74) is 6.48. The third kappa shape index (κ3) is 12.1. The van der Waals surface area contributed by atoms with Gasteiger partial charge in [0.15, 0.2) is 0 Å². The number of hydrogen-bond donors (Lipinski definition) is 4. The lowest BCUT2D eigenvalue weighted by atomic mass is 10.1. The second-order valence-corrected chi connectivity index (χ2v) is 5.66. The van der Waals surface area contributed by atoms with Gasteiger partial charge in [-0.25, -0.2) is 0 Å². The van der Waals surface area contributed by atoms with Gasteiger partial charge in [0.1, 0.15) is 0 Å². The second-order valence-electron chi connectivity index (χ2n) is 4.90. The summed E-state index contributed by atoms with van der Waals surface area (Å²) in [6.07, 6.45) is 5.99. The van der Waals surface area contributed by atoms with Gasteiger partial charge in [-0.3, -0.25) is 4.79 Å². The molecule has 7 heteroatoms. The molecule has 0 aliphatic carbocycles. The average Bonchev–Trinajstić information content (AvgIpc) is 2.53. The number of amides is 1. The third-order valence-corrected chi connectivity index (χ3v) is 3.48. The van der Waals surface area contributed by atoms with E-state index in [2.05, 4.69) is 28.6 Å². The van der Waals surface area contributed by atoms with E-state index in [9.17, 15) is 4.79 Å². The predicted molar refractivity (Wildman–Crippen MR) is 95.0 cm³/mol. The van der Waals surface area contributed by atoms with Crippen LogP contribution in [-0.4, -0.2) is 29.3 Å². The summed E-state index contributed by atoms with van der Waals surface area (Å²) in [6.45, 7) is 2.19. The van der Waals surface area contributed by atoms with Gasteiger partial charge in [-0.15, -0.1) is 0 Å². The Morgan fingerprint density at radius 1 is 1.26 bits per heavy atom. The Kier molecular flexibility index (Phi) is 13.9. The van der Waals surface area contributed by atoms with Crippen molar-refractivity contribution in [3.05, 3.63) is 29.8 Å². The predicted octanol–water partition coefficient (Wildman–Crippen LogP) is 2.94. The van der Waals surface area contributed by atoms with E-state index in [1.165, 1.54) is 31.9 Å². The molecule has 1 amide bonds. The SMILES string of the molecule is CCCCCCc1cccc(NC(=O)CCOP(O)O)c1.CN. The van der Waals surface area contributed by atoms with Crippen LogP contribution >= 0.6 is 8.60 Å². The fourth-order valence-corrected chi connectivity index (χ4v) is 2.26. The minimum atomic E-state index is -2.39. The van der Waals surface area contributed by atoms with Crippen molar-refractivity contribution < 1.29 is 19.1 Å². The lowest BCUT2D eigenvalue weighted by molar-refractivity contribution is -0.116. The van der Waals surface area contributed by atoms with Crippen molar-refractivity contribution in [3.63, 3.8) is 0 Å². The summed E-state index contributed by atoms with van der Waals surface area (Å²) in [4.78, 5) is 28.8. The van der Waals surface area contributed by atoms with E-state index in [4.69, 9.17) is 9.79 Å². The van der Waals surface area contributed by atoms with Crippen molar-refractivity contribution in [2.24, 2.45) is 5.73 Å². The Morgan fingerprint density at radius 2 is 2.00 bits per heavy atom. The van der Waals surface area contributed by atoms with Gasteiger partial charge >= 0.3 is 8.60 Å². The number of benzene rings is 1. The van der Waals surface area contributed by atoms with Gasteiger partial charge in [-0.05, 0) is 37.6 Å². The largest absolute Gasteiger partial charge is 0.333 e. The molecule has 0 saturated heterocycles. The van der Waals surface area contributed by atoms with Crippen LogP contribution in [0, 0.1) is 0 Å². The highest BCUT2D eigenvalue weighted by Crippen LogP contribution is 2.24. The van der Waals surface area contributed by atoms with Crippen molar-refractivity contribution >= 4 is 20.2 Å². The molecule has 1 aromatic rings. The van der Waals surface area contributed by atoms with E-state index < -0.39 is 8.60 Å². The number of carbonyl (C=O) groups excluding carboxylic acids is 1. The minimum Gasteiger partial charge on any atom is -0.333 e. The van der Waals surface area contributed by atoms with Gasteiger partial charge in [0, 0.05) is 5.69 Å². The first-order valence-corrected chi connectivity index (χ1v) is 9.05. The van der Waals surface area contributed by atoms with Crippen LogP contribution < -0.4 is 11.1 Å². The first kappa shape index (κ1) is 22.0. The van der Waals surface area contributed by atoms with Gasteiger partial charge in [0.05, 0.1) is 13.0 Å². The number of unbranched alkanes of at least 4 members (excludes halogenated alkanes) is 3. The van der Waals surface area contributed by atoms with Crippen molar-refractivity contribution in [3.8, 4) is 0 Å². The normalized spacial score (nSPS) is 10.2. The van der Waals surface area contributed by atoms with Gasteiger partial charge < -0.3 is 25.4 Å². The quantitative estimate of drug-likeness (QED) is 0.386. The molecule has 0 unspecified atom stereocenters. The molecule has 132 valence electrons. The van der Waals surface area contributed by atoms with Crippen LogP contribution in [0.15, 0.2) is 24.3 Å². The zero-order valence-electron chi connectivity index (χ0n) is 14.0. The molecule has 1 rings (SSSR count). The van der Waals surface area contributed by atoms with Crippen molar-refractivity contribution in [1.82, 2.24) is 0 Å². The summed E-state index contributed by atoms with van der Waals surface area (Å²) in [7, 11) is -0.886. The van der Waals surface area contributed by atoms with E-state index in [-0.39, 0.29) is 18.9 Å². The van der Waals surface area contributed by atoms with Gasteiger partial charge in [0.2, 0.25) is 5.91 Å². The standard InChI is InChI=1S/C15H24NO4P.CH5N/c1-2-3-4-5-7-13-8-6-9-14(12-13)16-15(17)10-11-20-21(18)19;1-2/h6,8-9,12,18-19H,2-5,7,10-11H2,1H3,(H,16,17);2H2,1H3. The molecule has 23 heavy (non-hydrogen) atoms. The van der Waals surface area contributed by atoms with E-state index >= 15 is 0 Å². The number of hydrogen-bond acceptors (Lipinski definition) is 5. The summed E-state index contributed by atoms with van der Waals surface area (Å²) >= 11 is 0. The summed E-state index contributed by atoms with van der Waals surface area (Å²) in [5, 5.41) is 2.78. The monoisotopic (exact) mass is 344 g/mol. The topological polar surface area (TPSA) is 105 Å². The minimum absolute atomic E-state index is 0.00124. The average molecular weight is 344 g/mol. The van der Waals surface area contributed by atoms with Crippen LogP contribution in [0.2, 0.25) is 0 Å². The van der Waals surface area contributed by atoms with Crippen LogP contribution in [0.5, 0.6) is 0 Å². The number of rotatable bonds is 10. The molecule has 0 aliphatic rings. The Labute approximate surface area is 140 Å². The van der Waals surface area contributed by atoms with Crippen molar-refractivity contribution in [1.29, 1.82) is 0 Å². The molecule has 0 atom stereocenters.